The second-order valence-corrected chi connectivity index (χ2v) is 6.74. The predicted octanol–water partition coefficient (Wildman–Crippen LogP) is 2.61. The highest BCUT2D eigenvalue weighted by molar-refractivity contribution is 7.99. The lowest BCUT2D eigenvalue weighted by molar-refractivity contribution is -0.141. The number of carboxylic acids is 1. The van der Waals surface area contributed by atoms with Crippen LogP contribution >= 0.6 is 11.8 Å². The van der Waals surface area contributed by atoms with E-state index in [1.54, 1.807) is 23.8 Å². The third-order valence-electron chi connectivity index (χ3n) is 4.15. The van der Waals surface area contributed by atoms with Crippen molar-refractivity contribution in [3.8, 4) is 5.75 Å². The van der Waals surface area contributed by atoms with Crippen molar-refractivity contribution >= 4 is 23.6 Å². The van der Waals surface area contributed by atoms with Gasteiger partial charge in [0, 0.05) is 18.1 Å². The summed E-state index contributed by atoms with van der Waals surface area (Å²) >= 11 is 1.71. The number of aliphatic carboxylic acids is 1. The largest absolute Gasteiger partial charge is 0.497 e. The molecule has 1 aliphatic rings. The van der Waals surface area contributed by atoms with Crippen LogP contribution in [0.5, 0.6) is 5.75 Å². The number of methoxy groups -OCH3 is 1. The first-order valence-corrected chi connectivity index (χ1v) is 8.96. The molecule has 2 atom stereocenters. The molecular weight excluding hydrogens is 314 g/mol. The van der Waals surface area contributed by atoms with Crippen LogP contribution in [-0.4, -0.2) is 53.1 Å². The molecule has 1 N–H and O–H groups in total. The van der Waals surface area contributed by atoms with Gasteiger partial charge >= 0.3 is 5.97 Å². The highest BCUT2D eigenvalue weighted by atomic mass is 32.2. The Kier molecular flexibility index (Phi) is 6.33. The van der Waals surface area contributed by atoms with Crippen LogP contribution in [0.15, 0.2) is 24.3 Å². The Morgan fingerprint density at radius 1 is 1.39 bits per heavy atom. The van der Waals surface area contributed by atoms with Crippen molar-refractivity contribution in [1.82, 2.24) is 4.90 Å². The molecule has 0 aromatic heterocycles. The highest BCUT2D eigenvalue weighted by Gasteiger charge is 2.32. The minimum Gasteiger partial charge on any atom is -0.497 e. The van der Waals surface area contributed by atoms with E-state index in [1.807, 2.05) is 31.2 Å². The number of rotatable bonds is 6. The summed E-state index contributed by atoms with van der Waals surface area (Å²) in [5, 5.41) is 9.07. The van der Waals surface area contributed by atoms with Gasteiger partial charge in [-0.25, -0.2) is 0 Å². The minimum absolute atomic E-state index is 0.0117. The molecule has 2 rings (SSSR count). The molecule has 5 nitrogen and oxygen atoms in total. The molecule has 1 aromatic carbocycles. The van der Waals surface area contributed by atoms with Gasteiger partial charge in [0.15, 0.2) is 0 Å². The molecule has 1 amide bonds. The van der Waals surface area contributed by atoms with Gasteiger partial charge in [0.2, 0.25) is 5.91 Å². The second kappa shape index (κ2) is 8.24. The summed E-state index contributed by atoms with van der Waals surface area (Å²) in [6, 6.07) is 7.31. The van der Waals surface area contributed by atoms with Crippen molar-refractivity contribution in [3.05, 3.63) is 29.8 Å². The van der Waals surface area contributed by atoms with E-state index in [-0.39, 0.29) is 24.3 Å². The van der Waals surface area contributed by atoms with Crippen LogP contribution in [0.3, 0.4) is 0 Å². The van der Waals surface area contributed by atoms with Gasteiger partial charge in [-0.05, 0) is 24.1 Å². The Morgan fingerprint density at radius 2 is 2.09 bits per heavy atom. The Morgan fingerprint density at radius 3 is 2.65 bits per heavy atom. The second-order valence-electron chi connectivity index (χ2n) is 5.59. The SMILES string of the molecule is CCC(C(=O)N1CCSCC1CC(=O)O)c1ccc(OC)cc1. The van der Waals surface area contributed by atoms with Gasteiger partial charge in [-0.15, -0.1) is 0 Å². The van der Waals surface area contributed by atoms with Crippen molar-refractivity contribution in [2.75, 3.05) is 25.2 Å². The molecule has 0 radical (unpaired) electrons. The molecular formula is C17H23NO4S. The quantitative estimate of drug-likeness (QED) is 0.864. The number of carbonyl (C=O) groups excluding carboxylic acids is 1. The van der Waals surface area contributed by atoms with Crippen molar-refractivity contribution < 1.29 is 19.4 Å². The van der Waals surface area contributed by atoms with E-state index in [0.29, 0.717) is 18.7 Å². The third kappa shape index (κ3) is 4.41. The minimum atomic E-state index is -0.854. The van der Waals surface area contributed by atoms with E-state index in [1.165, 1.54) is 0 Å². The molecule has 0 saturated carbocycles. The zero-order valence-electron chi connectivity index (χ0n) is 13.5. The summed E-state index contributed by atoms with van der Waals surface area (Å²) in [5.74, 6) is 1.25. The molecule has 0 aliphatic carbocycles. The van der Waals surface area contributed by atoms with Gasteiger partial charge in [-0.1, -0.05) is 19.1 Å². The fourth-order valence-electron chi connectivity index (χ4n) is 2.90. The predicted molar refractivity (Wildman–Crippen MR) is 91.1 cm³/mol. The molecule has 0 bridgehead atoms. The number of carbonyl (C=O) groups is 2. The summed E-state index contributed by atoms with van der Waals surface area (Å²) in [4.78, 5) is 25.8. The van der Waals surface area contributed by atoms with Gasteiger partial charge in [0.25, 0.3) is 0 Å². The van der Waals surface area contributed by atoms with E-state index >= 15 is 0 Å². The van der Waals surface area contributed by atoms with Gasteiger partial charge in [-0.3, -0.25) is 9.59 Å². The molecule has 1 fully saturated rings. The lowest BCUT2D eigenvalue weighted by Gasteiger charge is -2.37. The average molecular weight is 337 g/mol. The lowest BCUT2D eigenvalue weighted by Crippen LogP contribution is -2.48. The number of ether oxygens (including phenoxy) is 1. The standard InChI is InChI=1S/C17H23NO4S/c1-3-15(12-4-6-14(22-2)7-5-12)17(21)18-8-9-23-11-13(18)10-16(19)20/h4-7,13,15H,3,8-11H2,1-2H3,(H,19,20). The smallest absolute Gasteiger partial charge is 0.305 e. The van der Waals surface area contributed by atoms with Gasteiger partial charge in [-0.2, -0.15) is 11.8 Å². The molecule has 23 heavy (non-hydrogen) atoms. The molecule has 1 aliphatic heterocycles. The Balaban J connectivity index is 2.17. The van der Waals surface area contributed by atoms with Crippen molar-refractivity contribution in [2.24, 2.45) is 0 Å². The van der Waals surface area contributed by atoms with Crippen molar-refractivity contribution in [2.45, 2.75) is 31.7 Å². The van der Waals surface area contributed by atoms with Crippen LogP contribution in [0.1, 0.15) is 31.2 Å². The Labute approximate surface area is 141 Å². The molecule has 1 heterocycles. The van der Waals surface area contributed by atoms with E-state index < -0.39 is 5.97 Å². The van der Waals surface area contributed by atoms with Crippen LogP contribution in [0, 0.1) is 0 Å². The number of hydrogen-bond acceptors (Lipinski definition) is 4. The fourth-order valence-corrected chi connectivity index (χ4v) is 3.97. The van der Waals surface area contributed by atoms with Gasteiger partial charge < -0.3 is 14.7 Å². The maximum Gasteiger partial charge on any atom is 0.305 e. The van der Waals surface area contributed by atoms with Gasteiger partial charge in [0.05, 0.1) is 25.5 Å². The maximum absolute atomic E-state index is 13.0. The summed E-state index contributed by atoms with van der Waals surface area (Å²) in [6.45, 7) is 2.60. The molecule has 1 saturated heterocycles. The zero-order chi connectivity index (χ0) is 16.8. The highest BCUT2D eigenvalue weighted by Crippen LogP contribution is 2.28. The summed E-state index contributed by atoms with van der Waals surface area (Å²) in [6.07, 6.45) is 0.701. The molecule has 126 valence electrons. The maximum atomic E-state index is 13.0. The van der Waals surface area contributed by atoms with Crippen LogP contribution < -0.4 is 4.74 Å². The topological polar surface area (TPSA) is 66.8 Å². The molecule has 6 heteroatoms. The molecule has 0 spiro atoms. The van der Waals surface area contributed by atoms with Crippen molar-refractivity contribution in [1.29, 1.82) is 0 Å². The number of hydrogen-bond donors (Lipinski definition) is 1. The summed E-state index contributed by atoms with van der Waals surface area (Å²) < 4.78 is 5.16. The van der Waals surface area contributed by atoms with Crippen LogP contribution in [-0.2, 0) is 9.59 Å². The van der Waals surface area contributed by atoms with Crippen molar-refractivity contribution in [3.63, 3.8) is 0 Å². The summed E-state index contributed by atoms with van der Waals surface area (Å²) in [7, 11) is 1.61. The lowest BCUT2D eigenvalue weighted by atomic mass is 9.94. The first kappa shape index (κ1) is 17.7. The first-order chi connectivity index (χ1) is 11.1. The number of carboxylic acid groups (broad SMARTS) is 1. The first-order valence-electron chi connectivity index (χ1n) is 7.80. The van der Waals surface area contributed by atoms with Crippen LogP contribution in [0.4, 0.5) is 0 Å². The van der Waals surface area contributed by atoms with Crippen LogP contribution in [0.2, 0.25) is 0 Å². The molecule has 1 aromatic rings. The van der Waals surface area contributed by atoms with Crippen LogP contribution in [0.25, 0.3) is 0 Å². The van der Waals surface area contributed by atoms with E-state index in [9.17, 15) is 9.59 Å². The monoisotopic (exact) mass is 337 g/mol. The Bertz CT molecular complexity index is 546. The number of amides is 1. The Hall–Kier alpha value is -1.69. The molecule has 2 unspecified atom stereocenters. The summed E-state index contributed by atoms with van der Waals surface area (Å²) in [5.41, 5.74) is 0.950. The fraction of sp³-hybridized carbons (Fsp3) is 0.529. The van der Waals surface area contributed by atoms with E-state index in [0.717, 1.165) is 17.1 Å². The third-order valence-corrected chi connectivity index (χ3v) is 5.24. The van der Waals surface area contributed by atoms with Gasteiger partial charge in [0.1, 0.15) is 5.75 Å². The number of thioether (sulfide) groups is 1. The normalized spacial score (nSPS) is 19.2. The van der Waals surface area contributed by atoms with E-state index in [4.69, 9.17) is 9.84 Å². The van der Waals surface area contributed by atoms with E-state index in [2.05, 4.69) is 0 Å². The number of nitrogens with zero attached hydrogens (tertiary/aromatic N) is 1. The zero-order valence-corrected chi connectivity index (χ0v) is 14.3. The average Bonchev–Trinajstić information content (AvgIpc) is 2.56. The number of benzene rings is 1.